The van der Waals surface area contributed by atoms with Gasteiger partial charge in [0.1, 0.15) is 17.8 Å². The SMILES string of the molecule is CC(C)CCNC(=O)C(c1ccco1)N(C(=O)Cn1nnc2ccccc21)C1CCCC1. The summed E-state index contributed by atoms with van der Waals surface area (Å²) in [5.41, 5.74) is 1.53. The van der Waals surface area contributed by atoms with Crippen LogP contribution in [-0.4, -0.2) is 44.3 Å². The van der Waals surface area contributed by atoms with E-state index in [-0.39, 0.29) is 24.4 Å². The van der Waals surface area contributed by atoms with Crippen LogP contribution in [-0.2, 0) is 16.1 Å². The average molecular weight is 438 g/mol. The lowest BCUT2D eigenvalue weighted by atomic mass is 10.1. The predicted octanol–water partition coefficient (Wildman–Crippen LogP) is 3.70. The molecule has 1 aromatic carbocycles. The van der Waals surface area contributed by atoms with Gasteiger partial charge in [-0.25, -0.2) is 4.68 Å². The van der Waals surface area contributed by atoms with Crippen LogP contribution in [0.1, 0.15) is 57.8 Å². The standard InChI is InChI=1S/C24H31N5O3/c1-17(2)13-14-25-24(31)23(21-12-7-15-32-21)29(18-8-3-4-9-18)22(30)16-28-20-11-6-5-10-19(20)26-27-28/h5-7,10-12,15,17-18,23H,3-4,8-9,13-14,16H2,1-2H3,(H,25,31). The highest BCUT2D eigenvalue weighted by molar-refractivity contribution is 5.89. The number of hydrogen-bond donors (Lipinski definition) is 1. The number of rotatable bonds is 9. The molecular weight excluding hydrogens is 406 g/mol. The zero-order valence-corrected chi connectivity index (χ0v) is 18.7. The number of carbonyl (C=O) groups excluding carboxylic acids is 2. The van der Waals surface area contributed by atoms with E-state index in [4.69, 9.17) is 4.42 Å². The Hall–Kier alpha value is -3.16. The molecule has 1 N–H and O–H groups in total. The smallest absolute Gasteiger partial charge is 0.250 e. The van der Waals surface area contributed by atoms with Crippen LogP contribution >= 0.6 is 0 Å². The fourth-order valence-electron chi connectivity index (χ4n) is 4.40. The number of fused-ring (bicyclic) bond motifs is 1. The highest BCUT2D eigenvalue weighted by atomic mass is 16.3. The number of nitrogens with one attached hydrogen (secondary N) is 1. The van der Waals surface area contributed by atoms with Crippen molar-refractivity contribution in [2.75, 3.05) is 6.54 Å². The van der Waals surface area contributed by atoms with Crippen molar-refractivity contribution in [3.63, 3.8) is 0 Å². The number of carbonyl (C=O) groups is 2. The normalized spacial score (nSPS) is 15.3. The van der Waals surface area contributed by atoms with Crippen LogP contribution in [0.4, 0.5) is 0 Å². The molecule has 1 unspecified atom stereocenters. The van der Waals surface area contributed by atoms with E-state index in [1.54, 1.807) is 28.0 Å². The van der Waals surface area contributed by atoms with Gasteiger partial charge in [0, 0.05) is 12.6 Å². The molecule has 1 atom stereocenters. The van der Waals surface area contributed by atoms with Gasteiger partial charge in [-0.2, -0.15) is 0 Å². The monoisotopic (exact) mass is 437 g/mol. The molecule has 8 heteroatoms. The van der Waals surface area contributed by atoms with Gasteiger partial charge < -0.3 is 14.6 Å². The van der Waals surface area contributed by atoms with Crippen molar-refractivity contribution in [3.05, 3.63) is 48.4 Å². The summed E-state index contributed by atoms with van der Waals surface area (Å²) < 4.78 is 7.26. The maximum absolute atomic E-state index is 13.7. The first-order valence-electron chi connectivity index (χ1n) is 11.4. The van der Waals surface area contributed by atoms with E-state index < -0.39 is 6.04 Å². The minimum Gasteiger partial charge on any atom is -0.467 e. The number of furan rings is 1. The van der Waals surface area contributed by atoms with Crippen molar-refractivity contribution >= 4 is 22.8 Å². The van der Waals surface area contributed by atoms with Crippen molar-refractivity contribution in [3.8, 4) is 0 Å². The van der Waals surface area contributed by atoms with Crippen LogP contribution < -0.4 is 5.32 Å². The topological polar surface area (TPSA) is 93.3 Å². The van der Waals surface area contributed by atoms with E-state index in [9.17, 15) is 9.59 Å². The van der Waals surface area contributed by atoms with Crippen LogP contribution in [0.2, 0.25) is 0 Å². The summed E-state index contributed by atoms with van der Waals surface area (Å²) in [6.07, 6.45) is 6.26. The minimum absolute atomic E-state index is 0.0109. The van der Waals surface area contributed by atoms with Gasteiger partial charge in [-0.15, -0.1) is 5.10 Å². The molecule has 32 heavy (non-hydrogen) atoms. The first-order valence-corrected chi connectivity index (χ1v) is 11.4. The molecule has 8 nitrogen and oxygen atoms in total. The summed E-state index contributed by atoms with van der Waals surface area (Å²) in [4.78, 5) is 28.8. The fourth-order valence-corrected chi connectivity index (χ4v) is 4.40. The van der Waals surface area contributed by atoms with E-state index in [1.807, 2.05) is 24.3 Å². The van der Waals surface area contributed by atoms with Gasteiger partial charge in [0.2, 0.25) is 5.91 Å². The van der Waals surface area contributed by atoms with Crippen molar-refractivity contribution in [2.45, 2.75) is 64.6 Å². The Balaban J connectivity index is 1.63. The third kappa shape index (κ3) is 4.84. The third-order valence-electron chi connectivity index (χ3n) is 6.07. The minimum atomic E-state index is -0.803. The van der Waals surface area contributed by atoms with Crippen LogP contribution in [0.3, 0.4) is 0 Å². The van der Waals surface area contributed by atoms with Crippen molar-refractivity contribution in [2.24, 2.45) is 5.92 Å². The molecule has 2 heterocycles. The molecular formula is C24H31N5O3. The molecule has 1 aliphatic carbocycles. The molecule has 0 aliphatic heterocycles. The Kier molecular flexibility index (Phi) is 6.87. The molecule has 1 fully saturated rings. The number of nitrogens with zero attached hydrogens (tertiary/aromatic N) is 4. The Morgan fingerprint density at radius 2 is 1.97 bits per heavy atom. The van der Waals surface area contributed by atoms with Crippen molar-refractivity contribution < 1.29 is 14.0 Å². The van der Waals surface area contributed by atoms with Crippen molar-refractivity contribution in [1.82, 2.24) is 25.2 Å². The second kappa shape index (κ2) is 9.97. The highest BCUT2D eigenvalue weighted by Gasteiger charge is 2.39. The summed E-state index contributed by atoms with van der Waals surface area (Å²) in [5.74, 6) is 0.596. The number of benzene rings is 1. The average Bonchev–Trinajstić information content (AvgIpc) is 3.54. The Bertz CT molecular complexity index is 1040. The van der Waals surface area contributed by atoms with Crippen LogP contribution in [0.25, 0.3) is 11.0 Å². The molecule has 1 saturated carbocycles. The lowest BCUT2D eigenvalue weighted by Crippen LogP contribution is -2.49. The second-order valence-electron chi connectivity index (χ2n) is 8.87. The van der Waals surface area contributed by atoms with Crippen molar-refractivity contribution in [1.29, 1.82) is 0 Å². The molecule has 0 spiro atoms. The summed E-state index contributed by atoms with van der Waals surface area (Å²) in [7, 11) is 0. The summed E-state index contributed by atoms with van der Waals surface area (Å²) in [5, 5.41) is 11.4. The highest BCUT2D eigenvalue weighted by Crippen LogP contribution is 2.32. The first-order chi connectivity index (χ1) is 15.5. The largest absolute Gasteiger partial charge is 0.467 e. The van der Waals surface area contributed by atoms with E-state index in [2.05, 4.69) is 29.5 Å². The van der Waals surface area contributed by atoms with E-state index >= 15 is 0 Å². The summed E-state index contributed by atoms with van der Waals surface area (Å²) >= 11 is 0. The number of amides is 2. The van der Waals surface area contributed by atoms with E-state index in [0.717, 1.165) is 43.1 Å². The van der Waals surface area contributed by atoms with Gasteiger partial charge >= 0.3 is 0 Å². The molecule has 170 valence electrons. The number of aromatic nitrogens is 3. The zero-order chi connectivity index (χ0) is 22.5. The molecule has 4 rings (SSSR count). The lowest BCUT2D eigenvalue weighted by Gasteiger charge is -2.34. The Morgan fingerprint density at radius 3 is 2.69 bits per heavy atom. The summed E-state index contributed by atoms with van der Waals surface area (Å²) in [6.45, 7) is 4.82. The molecule has 2 aromatic heterocycles. The van der Waals surface area contributed by atoms with Gasteiger partial charge in [-0.1, -0.05) is 44.0 Å². The fraction of sp³-hybridized carbons (Fsp3) is 0.500. The van der Waals surface area contributed by atoms with Gasteiger partial charge in [-0.3, -0.25) is 9.59 Å². The molecule has 0 radical (unpaired) electrons. The zero-order valence-electron chi connectivity index (χ0n) is 18.7. The van der Waals surface area contributed by atoms with Gasteiger partial charge in [0.15, 0.2) is 6.04 Å². The number of hydrogen-bond acceptors (Lipinski definition) is 5. The first kappa shape index (κ1) is 22.0. The van der Waals surface area contributed by atoms with Crippen LogP contribution in [0.5, 0.6) is 0 Å². The molecule has 0 bridgehead atoms. The Morgan fingerprint density at radius 1 is 1.19 bits per heavy atom. The van der Waals surface area contributed by atoms with E-state index in [0.29, 0.717) is 18.2 Å². The summed E-state index contributed by atoms with van der Waals surface area (Å²) in [6, 6.07) is 10.3. The predicted molar refractivity (Wildman–Crippen MR) is 121 cm³/mol. The van der Waals surface area contributed by atoms with Crippen LogP contribution in [0, 0.1) is 5.92 Å². The third-order valence-corrected chi connectivity index (χ3v) is 6.07. The molecule has 1 aliphatic rings. The molecule has 2 amide bonds. The number of para-hydroxylation sites is 1. The molecule has 0 saturated heterocycles. The maximum Gasteiger partial charge on any atom is 0.250 e. The van der Waals surface area contributed by atoms with Gasteiger partial charge in [-0.05, 0) is 49.4 Å². The maximum atomic E-state index is 13.7. The second-order valence-corrected chi connectivity index (χ2v) is 8.87. The van der Waals surface area contributed by atoms with Gasteiger partial charge in [0.05, 0.1) is 11.8 Å². The Labute approximate surface area is 187 Å². The van der Waals surface area contributed by atoms with Crippen LogP contribution in [0.15, 0.2) is 47.1 Å². The van der Waals surface area contributed by atoms with E-state index in [1.165, 1.54) is 0 Å². The quantitative estimate of drug-likeness (QED) is 0.551. The molecule has 3 aromatic rings. The lowest BCUT2D eigenvalue weighted by molar-refractivity contribution is -0.145. The van der Waals surface area contributed by atoms with Gasteiger partial charge in [0.25, 0.3) is 5.91 Å².